The fourth-order valence-electron chi connectivity index (χ4n) is 10.3. The second-order valence-electron chi connectivity index (χ2n) is 21.4. The monoisotopic (exact) mass is 1010 g/mol. The predicted molar refractivity (Wildman–Crippen MR) is 253 cm³/mol. The van der Waals surface area contributed by atoms with Gasteiger partial charge in [0.15, 0.2) is 0 Å². The van der Waals surface area contributed by atoms with Crippen molar-refractivity contribution in [2.24, 2.45) is 92.9 Å². The lowest BCUT2D eigenvalue weighted by Gasteiger charge is -2.28. The summed E-state index contributed by atoms with van der Waals surface area (Å²) >= 11 is 0. The maximum atomic E-state index is 12.7. The fourth-order valence-corrected chi connectivity index (χ4v) is 10.3. The molecule has 7 aliphatic rings. The molecule has 0 bridgehead atoms. The third-order valence-electron chi connectivity index (χ3n) is 15.6. The Bertz CT molecular complexity index is 1270. The van der Waals surface area contributed by atoms with Crippen molar-refractivity contribution in [3.63, 3.8) is 0 Å². The Morgan fingerprint density at radius 1 is 0.435 bits per heavy atom. The fraction of sp³-hybridized carbons (Fsp3) is 1.00. The highest BCUT2D eigenvalue weighted by molar-refractivity contribution is 5.00. The molecule has 0 saturated heterocycles. The topological polar surface area (TPSA) is 425 Å². The lowest BCUT2D eigenvalue weighted by molar-refractivity contribution is -0.110. The molecule has 0 spiro atoms. The molecule has 0 aromatic heterocycles. The van der Waals surface area contributed by atoms with Crippen LogP contribution in [-0.4, -0.2) is 198 Å². The van der Waals surface area contributed by atoms with Gasteiger partial charge in [0.05, 0.1) is 36.6 Å². The van der Waals surface area contributed by atoms with Crippen LogP contribution in [0.15, 0.2) is 0 Å². The Hall–Kier alpha value is -1.04. The lowest BCUT2D eigenvalue weighted by atomic mass is 9.85. The van der Waals surface area contributed by atoms with Gasteiger partial charge in [0.1, 0.15) is 18.4 Å². The normalized spacial score (nSPS) is 44.7. The molecule has 0 heterocycles. The first-order valence-corrected chi connectivity index (χ1v) is 24.7. The van der Waals surface area contributed by atoms with Gasteiger partial charge < -0.3 is 101 Å². The van der Waals surface area contributed by atoms with E-state index in [1.165, 1.54) is 19.3 Å². The van der Waals surface area contributed by atoms with Crippen LogP contribution in [0.5, 0.6) is 0 Å². The number of halogens is 4. The summed E-state index contributed by atoms with van der Waals surface area (Å²) in [6.07, 6.45) is 0.235. The number of nitrogens with two attached hydrogens (primary N) is 7. The SMILES string of the molecule is CC1(C)C(O)C(CO)C[C@H]1N.CC[C@H]1C[C@@H](N)C[C@@H]1C.N[C@@H]1C[C@@H](CO)[C@@H](O)C1.N[C@@H]1C[C@H](CO)[C@@H](O)C1.N[C@@H]1C[C@H](CO)[C@@H](O)C1(F)F.N[C@@H]1C[C@H](CO)[C@@H](O)[C@@H]1F.N[C@@H]1C[C@H](CO)[C@@H](O)[C@H]1F. The van der Waals surface area contributed by atoms with Gasteiger partial charge in [-0.2, -0.15) is 0 Å². The third-order valence-corrected chi connectivity index (χ3v) is 15.6. The smallest absolute Gasteiger partial charge is 0.288 e. The summed E-state index contributed by atoms with van der Waals surface area (Å²) in [4.78, 5) is 0. The van der Waals surface area contributed by atoms with E-state index in [0.717, 1.165) is 31.1 Å². The summed E-state index contributed by atoms with van der Waals surface area (Å²) in [5, 5.41) is 107. The Morgan fingerprint density at radius 3 is 0.913 bits per heavy atom. The Balaban J connectivity index is 0.000000403. The number of aliphatic hydroxyl groups excluding tert-OH is 12. The van der Waals surface area contributed by atoms with Gasteiger partial charge in [0.25, 0.3) is 5.92 Å². The largest absolute Gasteiger partial charge is 0.396 e. The molecule has 0 aliphatic heterocycles. The second-order valence-corrected chi connectivity index (χ2v) is 21.4. The molecule has 0 aromatic rings. The molecule has 0 amide bonds. The van der Waals surface area contributed by atoms with Crippen molar-refractivity contribution >= 4 is 0 Å². The molecule has 7 rings (SSSR count). The molecule has 0 radical (unpaired) electrons. The zero-order chi connectivity index (χ0) is 53.3. The van der Waals surface area contributed by atoms with Gasteiger partial charge in [-0.3, -0.25) is 0 Å². The van der Waals surface area contributed by atoms with E-state index in [-0.39, 0.29) is 105 Å². The minimum atomic E-state index is -3.24. The lowest BCUT2D eigenvalue weighted by Crippen LogP contribution is -2.43. The van der Waals surface area contributed by atoms with Crippen molar-refractivity contribution in [3.8, 4) is 0 Å². The van der Waals surface area contributed by atoms with E-state index in [9.17, 15) is 22.7 Å². The van der Waals surface area contributed by atoms with Crippen LogP contribution in [0.1, 0.15) is 98.3 Å². The summed E-state index contributed by atoms with van der Waals surface area (Å²) in [6.45, 7) is 7.83. The van der Waals surface area contributed by atoms with Crippen molar-refractivity contribution in [1.82, 2.24) is 0 Å². The van der Waals surface area contributed by atoms with E-state index < -0.39 is 73.3 Å². The zero-order valence-corrected chi connectivity index (χ0v) is 41.2. The summed E-state index contributed by atoms with van der Waals surface area (Å²) in [7, 11) is 0. The highest BCUT2D eigenvalue weighted by Gasteiger charge is 2.55. The van der Waals surface area contributed by atoms with Crippen LogP contribution >= 0.6 is 0 Å². The summed E-state index contributed by atoms with van der Waals surface area (Å²) in [6, 6.07) is -1.83. The van der Waals surface area contributed by atoms with Crippen LogP contribution in [0, 0.1) is 52.8 Å². The van der Waals surface area contributed by atoms with Crippen LogP contribution in [0.3, 0.4) is 0 Å². The maximum Gasteiger partial charge on any atom is 0.288 e. The van der Waals surface area contributed by atoms with Crippen molar-refractivity contribution in [1.29, 1.82) is 0 Å². The molecule has 23 heteroatoms. The van der Waals surface area contributed by atoms with Crippen LogP contribution in [0.4, 0.5) is 17.6 Å². The Morgan fingerprint density at radius 2 is 0.768 bits per heavy atom. The molecule has 26 N–H and O–H groups in total. The highest BCUT2D eigenvalue weighted by atomic mass is 19.3. The van der Waals surface area contributed by atoms with Crippen LogP contribution in [-0.2, 0) is 0 Å². The number of aliphatic hydroxyl groups is 12. The number of hydrogen-bond donors (Lipinski definition) is 19. The van der Waals surface area contributed by atoms with Crippen molar-refractivity contribution < 1.29 is 78.8 Å². The highest BCUT2D eigenvalue weighted by Crippen LogP contribution is 2.40. The number of rotatable bonds is 7. The van der Waals surface area contributed by atoms with Gasteiger partial charge in [-0.05, 0) is 76.0 Å². The standard InChI is InChI=1S/C8H17NO2.C8H17N.C6H11F2NO2.2C6H12FNO2.2C6H13NO2/c1-8(2)6(9)3-5(4-10)7(8)11;1-3-7-5-8(9)4-6(7)2;7-6(8)4(9)1-3(2-10)5(6)11;2*7-5-4(8)1-3(2-9)6(5)10;2*7-5-1-4(3-8)6(9)2-5/h5-7,10-11H,3-4,9H2,1-2H3;6-8H,3-5,9H2,1-2H3;3-5,10-11H,1-2,9H2;2*3-6,9-10H,1-2,8H2;2*4-6,8-9H,1-3,7H2/t5?,6-,7?;6-,7-,8-;3-,4-,5-;3-,4-,5+,6-;3-,4-,5-,6-;4-,5+,6-;4-,5-,6+/m1011101/s1. The first kappa shape index (κ1) is 66.0. The van der Waals surface area contributed by atoms with Crippen LogP contribution < -0.4 is 40.1 Å². The summed E-state index contributed by atoms with van der Waals surface area (Å²) in [5.74, 6) is -2.94. The molecule has 2 unspecified atom stereocenters. The van der Waals surface area contributed by atoms with E-state index in [1.807, 2.05) is 13.8 Å². The van der Waals surface area contributed by atoms with Gasteiger partial charge in [0, 0.05) is 117 Å². The molecule has 7 fully saturated rings. The van der Waals surface area contributed by atoms with Gasteiger partial charge in [0.2, 0.25) is 0 Å². The molecular weight excluding hydrogens is 919 g/mol. The second kappa shape index (κ2) is 31.0. The quantitative estimate of drug-likeness (QED) is 0.113. The molecule has 69 heavy (non-hydrogen) atoms. The average Bonchev–Trinajstić information content (AvgIpc) is 4.13. The summed E-state index contributed by atoms with van der Waals surface area (Å²) in [5.41, 5.74) is 38.0. The van der Waals surface area contributed by atoms with E-state index in [0.29, 0.717) is 31.7 Å². The third kappa shape index (κ3) is 19.3. The van der Waals surface area contributed by atoms with Gasteiger partial charge >= 0.3 is 0 Å². The van der Waals surface area contributed by atoms with Crippen molar-refractivity contribution in [2.75, 3.05) is 39.6 Å². The first-order valence-electron chi connectivity index (χ1n) is 24.7. The van der Waals surface area contributed by atoms with E-state index >= 15 is 0 Å². The minimum Gasteiger partial charge on any atom is -0.396 e. The summed E-state index contributed by atoms with van der Waals surface area (Å²) < 4.78 is 50.7. The molecule has 7 saturated carbocycles. The average molecular weight is 1010 g/mol. The molecule has 7 aliphatic carbocycles. The molecular formula is C46H95F4N7O12. The molecule has 23 atom stereocenters. The van der Waals surface area contributed by atoms with Gasteiger partial charge in [-0.1, -0.05) is 34.1 Å². The van der Waals surface area contributed by atoms with Crippen LogP contribution in [0.25, 0.3) is 0 Å². The first-order chi connectivity index (χ1) is 32.0. The van der Waals surface area contributed by atoms with E-state index in [4.69, 9.17) is 96.3 Å². The Labute approximate surface area is 406 Å². The van der Waals surface area contributed by atoms with Crippen LogP contribution in [0.2, 0.25) is 0 Å². The van der Waals surface area contributed by atoms with Gasteiger partial charge in [-0.15, -0.1) is 0 Å². The maximum absolute atomic E-state index is 12.7. The number of hydrogen-bond acceptors (Lipinski definition) is 19. The van der Waals surface area contributed by atoms with E-state index in [2.05, 4.69) is 13.8 Å². The Kier molecular flexibility index (Phi) is 29.6. The molecule has 0 aromatic carbocycles. The molecule has 19 nitrogen and oxygen atoms in total. The molecule has 414 valence electrons. The van der Waals surface area contributed by atoms with Crippen molar-refractivity contribution in [2.45, 2.75) is 196 Å². The van der Waals surface area contributed by atoms with E-state index in [1.54, 1.807) is 0 Å². The minimum absolute atomic E-state index is 0.00894. The zero-order valence-electron chi connectivity index (χ0n) is 41.2. The number of alkyl halides is 4. The van der Waals surface area contributed by atoms with Crippen molar-refractivity contribution in [3.05, 3.63) is 0 Å². The van der Waals surface area contributed by atoms with Gasteiger partial charge in [-0.25, -0.2) is 17.6 Å². The predicted octanol–water partition coefficient (Wildman–Crippen LogP) is -2.99.